The summed E-state index contributed by atoms with van der Waals surface area (Å²) >= 11 is 1.61. The molecule has 0 saturated heterocycles. The molecule has 0 saturated carbocycles. The minimum atomic E-state index is -0.591. The number of ether oxygens (including phenoxy) is 1. The van der Waals surface area contributed by atoms with E-state index in [1.165, 1.54) is 6.33 Å². The number of nitrogens with one attached hydrogen (secondary N) is 2. The second-order valence-electron chi connectivity index (χ2n) is 6.13. The van der Waals surface area contributed by atoms with Crippen molar-refractivity contribution < 1.29 is 14.3 Å². The number of amides is 1. The minimum absolute atomic E-state index is 0.0110. The molecule has 0 aromatic carbocycles. The Hall–Kier alpha value is -2.16. The molecule has 1 atom stereocenters. The summed E-state index contributed by atoms with van der Waals surface area (Å²) in [5.41, 5.74) is 1.49. The summed E-state index contributed by atoms with van der Waals surface area (Å²) in [6.45, 7) is 5.83. The molecule has 142 valence electrons. The van der Waals surface area contributed by atoms with E-state index >= 15 is 0 Å². The molecule has 2 aromatic rings. The first-order valence-corrected chi connectivity index (χ1v) is 9.74. The minimum Gasteiger partial charge on any atom is -0.464 e. The smallest absolute Gasteiger partial charge is 0.328 e. The van der Waals surface area contributed by atoms with Crippen LogP contribution in [0.3, 0.4) is 0 Å². The summed E-state index contributed by atoms with van der Waals surface area (Å²) in [6, 6.07) is -0.591. The SMILES string of the molecule is CCOC(=O)C(NC(=O)CCCCSc1ncnc2nc[nH]c12)C(C)C. The average Bonchev–Trinajstić information content (AvgIpc) is 3.08. The summed E-state index contributed by atoms with van der Waals surface area (Å²) in [6.07, 6.45) is 5.09. The maximum Gasteiger partial charge on any atom is 0.328 e. The second kappa shape index (κ2) is 10.1. The molecule has 0 fully saturated rings. The molecule has 0 aliphatic heterocycles. The van der Waals surface area contributed by atoms with Gasteiger partial charge in [-0.25, -0.2) is 19.7 Å². The number of esters is 1. The molecule has 0 aliphatic carbocycles. The highest BCUT2D eigenvalue weighted by atomic mass is 32.2. The molecule has 26 heavy (non-hydrogen) atoms. The maximum absolute atomic E-state index is 12.1. The first kappa shape index (κ1) is 20.2. The fourth-order valence-electron chi connectivity index (χ4n) is 2.38. The van der Waals surface area contributed by atoms with E-state index in [0.717, 1.165) is 29.1 Å². The number of imidazole rings is 1. The molecule has 2 N–H and O–H groups in total. The standard InChI is InChI=1S/C17H25N5O3S/c1-4-25-17(24)13(11(2)3)22-12(23)7-5-6-8-26-16-14-15(19-9-18-14)20-10-21-16/h9-11,13H,4-8H2,1-3H3,(H,22,23)(H,18,19,20,21). The van der Waals surface area contributed by atoms with Crippen LogP contribution in [0, 0.1) is 5.92 Å². The van der Waals surface area contributed by atoms with E-state index in [1.807, 2.05) is 13.8 Å². The number of thioether (sulfide) groups is 1. The number of rotatable bonds is 10. The number of fused-ring (bicyclic) bond motifs is 1. The first-order valence-electron chi connectivity index (χ1n) is 8.75. The molecule has 2 rings (SSSR count). The summed E-state index contributed by atoms with van der Waals surface area (Å²) in [5.74, 6) is 0.325. The van der Waals surface area contributed by atoms with Crippen LogP contribution in [0.15, 0.2) is 17.7 Å². The number of unbranched alkanes of at least 4 members (excludes halogenated alkanes) is 1. The number of aromatic amines is 1. The topological polar surface area (TPSA) is 110 Å². The first-order chi connectivity index (χ1) is 12.5. The molecule has 0 bridgehead atoms. The van der Waals surface area contributed by atoms with Gasteiger partial charge in [0, 0.05) is 6.42 Å². The van der Waals surface area contributed by atoms with Crippen LogP contribution >= 0.6 is 11.8 Å². The van der Waals surface area contributed by atoms with Crippen molar-refractivity contribution in [3.8, 4) is 0 Å². The molecule has 9 heteroatoms. The van der Waals surface area contributed by atoms with Crippen LogP contribution in [-0.2, 0) is 14.3 Å². The third-order valence-corrected chi connectivity index (χ3v) is 4.82. The van der Waals surface area contributed by atoms with Crippen molar-refractivity contribution in [2.45, 2.75) is 51.1 Å². The van der Waals surface area contributed by atoms with Crippen molar-refractivity contribution in [2.75, 3.05) is 12.4 Å². The molecule has 2 heterocycles. The maximum atomic E-state index is 12.1. The van der Waals surface area contributed by atoms with Crippen LogP contribution < -0.4 is 5.32 Å². The fraction of sp³-hybridized carbons (Fsp3) is 0.588. The van der Waals surface area contributed by atoms with Crippen LogP contribution in [0.1, 0.15) is 40.0 Å². The Bertz CT molecular complexity index is 734. The van der Waals surface area contributed by atoms with Gasteiger partial charge in [-0.3, -0.25) is 4.79 Å². The molecule has 2 aromatic heterocycles. The van der Waals surface area contributed by atoms with Gasteiger partial charge in [0.05, 0.1) is 12.9 Å². The van der Waals surface area contributed by atoms with Crippen LogP contribution in [0.4, 0.5) is 0 Å². The van der Waals surface area contributed by atoms with E-state index < -0.39 is 6.04 Å². The van der Waals surface area contributed by atoms with Gasteiger partial charge in [0.2, 0.25) is 5.91 Å². The Kier molecular flexibility index (Phi) is 7.83. The highest BCUT2D eigenvalue weighted by Gasteiger charge is 2.25. The number of H-pyrrole nitrogens is 1. The van der Waals surface area contributed by atoms with Crippen molar-refractivity contribution in [3.63, 3.8) is 0 Å². The van der Waals surface area contributed by atoms with Crippen molar-refractivity contribution in [1.29, 1.82) is 0 Å². The Morgan fingerprint density at radius 1 is 1.27 bits per heavy atom. The normalized spacial score (nSPS) is 12.3. The van der Waals surface area contributed by atoms with Crippen LogP contribution in [0.2, 0.25) is 0 Å². The highest BCUT2D eigenvalue weighted by Crippen LogP contribution is 2.22. The number of hydrogen-bond acceptors (Lipinski definition) is 7. The van der Waals surface area contributed by atoms with Gasteiger partial charge in [-0.2, -0.15) is 0 Å². The molecule has 8 nitrogen and oxygen atoms in total. The number of carbonyl (C=O) groups is 2. The number of aromatic nitrogens is 4. The van der Waals surface area contributed by atoms with E-state index in [9.17, 15) is 9.59 Å². The predicted molar refractivity (Wildman–Crippen MR) is 99.7 cm³/mol. The zero-order chi connectivity index (χ0) is 18.9. The van der Waals surface area contributed by atoms with Crippen LogP contribution in [-0.4, -0.2) is 50.2 Å². The molecular weight excluding hydrogens is 354 g/mol. The van der Waals surface area contributed by atoms with Crippen LogP contribution in [0.5, 0.6) is 0 Å². The molecule has 0 radical (unpaired) electrons. The highest BCUT2D eigenvalue weighted by molar-refractivity contribution is 7.99. The van der Waals surface area contributed by atoms with Gasteiger partial charge in [0.1, 0.15) is 22.9 Å². The van der Waals surface area contributed by atoms with Gasteiger partial charge in [0.25, 0.3) is 0 Å². The van der Waals surface area contributed by atoms with Crippen molar-refractivity contribution in [2.24, 2.45) is 5.92 Å². The van der Waals surface area contributed by atoms with E-state index in [1.54, 1.807) is 25.0 Å². The summed E-state index contributed by atoms with van der Waals surface area (Å²) < 4.78 is 5.01. The van der Waals surface area contributed by atoms with Crippen molar-refractivity contribution in [3.05, 3.63) is 12.7 Å². The third-order valence-electron chi connectivity index (χ3n) is 3.75. The number of nitrogens with zero attached hydrogens (tertiary/aromatic N) is 3. The van der Waals surface area contributed by atoms with Gasteiger partial charge < -0.3 is 15.0 Å². The second-order valence-corrected chi connectivity index (χ2v) is 7.21. The zero-order valence-electron chi connectivity index (χ0n) is 15.3. The van der Waals surface area contributed by atoms with Crippen molar-refractivity contribution >= 4 is 34.8 Å². The summed E-state index contributed by atoms with van der Waals surface area (Å²) in [4.78, 5) is 39.4. The fourth-order valence-corrected chi connectivity index (χ4v) is 3.34. The van der Waals surface area contributed by atoms with Gasteiger partial charge in [-0.15, -0.1) is 11.8 Å². The quantitative estimate of drug-likeness (QED) is 0.282. The van der Waals surface area contributed by atoms with Crippen LogP contribution in [0.25, 0.3) is 11.2 Å². The summed E-state index contributed by atoms with van der Waals surface area (Å²) in [5, 5.41) is 3.64. The van der Waals surface area contributed by atoms with Gasteiger partial charge in [0.15, 0.2) is 5.65 Å². The predicted octanol–water partition coefficient (Wildman–Crippen LogP) is 2.32. The van der Waals surface area contributed by atoms with E-state index in [-0.39, 0.29) is 17.8 Å². The van der Waals surface area contributed by atoms with Gasteiger partial charge >= 0.3 is 5.97 Å². The third kappa shape index (κ3) is 5.69. The monoisotopic (exact) mass is 379 g/mol. The summed E-state index contributed by atoms with van der Waals surface area (Å²) in [7, 11) is 0. The molecule has 0 aliphatic rings. The average molecular weight is 379 g/mol. The molecule has 1 unspecified atom stereocenters. The Balaban J connectivity index is 1.71. The molecule has 1 amide bonds. The molecule has 0 spiro atoms. The lowest BCUT2D eigenvalue weighted by Crippen LogP contribution is -2.45. The lowest BCUT2D eigenvalue weighted by molar-refractivity contribution is -0.148. The van der Waals surface area contributed by atoms with E-state index in [0.29, 0.717) is 18.7 Å². The Labute approximate surface area is 156 Å². The number of carbonyl (C=O) groups excluding carboxylic acids is 2. The van der Waals surface area contributed by atoms with E-state index in [4.69, 9.17) is 4.74 Å². The Morgan fingerprint density at radius 3 is 2.81 bits per heavy atom. The Morgan fingerprint density at radius 2 is 2.08 bits per heavy atom. The molecular formula is C17H25N5O3S. The lowest BCUT2D eigenvalue weighted by atomic mass is 10.0. The van der Waals surface area contributed by atoms with Gasteiger partial charge in [-0.05, 0) is 31.4 Å². The van der Waals surface area contributed by atoms with E-state index in [2.05, 4.69) is 25.3 Å². The van der Waals surface area contributed by atoms with Crippen molar-refractivity contribution in [1.82, 2.24) is 25.3 Å². The lowest BCUT2D eigenvalue weighted by Gasteiger charge is -2.20. The zero-order valence-corrected chi connectivity index (χ0v) is 16.1. The van der Waals surface area contributed by atoms with Gasteiger partial charge in [-0.1, -0.05) is 13.8 Å². The number of hydrogen-bond donors (Lipinski definition) is 2. The largest absolute Gasteiger partial charge is 0.464 e.